The molecule has 0 spiro atoms. The summed E-state index contributed by atoms with van der Waals surface area (Å²) < 4.78 is 16.5. The fourth-order valence-electron chi connectivity index (χ4n) is 4.23. The number of aliphatic hydroxyl groups excluding tert-OH is 1. The Labute approximate surface area is 155 Å². The zero-order valence-electron chi connectivity index (χ0n) is 15.7. The van der Waals surface area contributed by atoms with Gasteiger partial charge >= 0.3 is 0 Å². The summed E-state index contributed by atoms with van der Waals surface area (Å²) in [7, 11) is 3.84. The molecule has 3 aliphatic heterocycles. The number of fused-ring (bicyclic) bond motifs is 1. The molecule has 7 nitrogen and oxygen atoms in total. The minimum atomic E-state index is -0.313. The topological polar surface area (TPSA) is 57.6 Å². The molecule has 0 amide bonds. The van der Waals surface area contributed by atoms with Crippen LogP contribution in [0.15, 0.2) is 12.1 Å². The highest BCUT2D eigenvalue weighted by Crippen LogP contribution is 2.38. The number of rotatable bonds is 4. The molecular formula is C19H29N3O4. The van der Waals surface area contributed by atoms with Crippen LogP contribution in [0.1, 0.15) is 12.0 Å². The fourth-order valence-corrected chi connectivity index (χ4v) is 4.23. The summed E-state index contributed by atoms with van der Waals surface area (Å²) in [5, 5.41) is 10.7. The molecule has 0 aromatic heterocycles. The first-order valence-corrected chi connectivity index (χ1v) is 9.43. The molecule has 0 bridgehead atoms. The Bertz CT molecular complexity index is 633. The van der Waals surface area contributed by atoms with Crippen molar-refractivity contribution in [2.24, 2.45) is 0 Å². The highest BCUT2D eigenvalue weighted by molar-refractivity contribution is 5.51. The van der Waals surface area contributed by atoms with E-state index < -0.39 is 0 Å². The van der Waals surface area contributed by atoms with Crippen LogP contribution in [0.25, 0.3) is 0 Å². The van der Waals surface area contributed by atoms with E-state index in [1.165, 1.54) is 0 Å². The first kappa shape index (κ1) is 17.9. The van der Waals surface area contributed by atoms with Crippen LogP contribution in [-0.2, 0) is 6.54 Å². The zero-order valence-corrected chi connectivity index (χ0v) is 15.7. The van der Waals surface area contributed by atoms with Crippen molar-refractivity contribution >= 4 is 0 Å². The van der Waals surface area contributed by atoms with Gasteiger partial charge in [0.05, 0.1) is 13.2 Å². The smallest absolute Gasteiger partial charge is 0.231 e. The maximum Gasteiger partial charge on any atom is 0.231 e. The number of aliphatic hydroxyl groups is 1. The Balaban J connectivity index is 1.39. The van der Waals surface area contributed by atoms with Crippen molar-refractivity contribution in [2.45, 2.75) is 25.1 Å². The van der Waals surface area contributed by atoms with Crippen LogP contribution in [0.3, 0.4) is 0 Å². The lowest BCUT2D eigenvalue weighted by atomic mass is 9.98. The van der Waals surface area contributed by atoms with Crippen LogP contribution in [-0.4, -0.2) is 92.2 Å². The molecule has 2 atom stereocenters. The molecule has 1 aromatic rings. The second kappa shape index (κ2) is 7.60. The van der Waals surface area contributed by atoms with E-state index in [2.05, 4.69) is 21.7 Å². The van der Waals surface area contributed by atoms with Gasteiger partial charge in [-0.15, -0.1) is 0 Å². The summed E-state index contributed by atoms with van der Waals surface area (Å²) in [6.45, 7) is 6.94. The number of hydrogen-bond acceptors (Lipinski definition) is 7. The summed E-state index contributed by atoms with van der Waals surface area (Å²) in [5.41, 5.74) is 1.07. The van der Waals surface area contributed by atoms with Gasteiger partial charge in [-0.2, -0.15) is 0 Å². The number of piperidine rings is 1. The predicted molar refractivity (Wildman–Crippen MR) is 97.9 cm³/mol. The number of likely N-dealkylation sites (tertiary alicyclic amines) is 1. The van der Waals surface area contributed by atoms with E-state index in [0.717, 1.165) is 68.5 Å². The molecule has 1 N–H and O–H groups in total. The van der Waals surface area contributed by atoms with Crippen LogP contribution >= 0.6 is 0 Å². The molecule has 4 rings (SSSR count). The molecule has 0 saturated carbocycles. The van der Waals surface area contributed by atoms with Gasteiger partial charge in [-0.25, -0.2) is 0 Å². The van der Waals surface area contributed by atoms with E-state index in [4.69, 9.17) is 14.2 Å². The summed E-state index contributed by atoms with van der Waals surface area (Å²) in [5.74, 6) is 2.32. The third kappa shape index (κ3) is 3.62. The molecule has 3 aliphatic rings. The van der Waals surface area contributed by atoms with E-state index >= 15 is 0 Å². The number of β-amino-alcohol motifs (C(OH)–C–C–N with tert-alkyl or cyclic N) is 1. The van der Waals surface area contributed by atoms with Gasteiger partial charge in [0, 0.05) is 63.5 Å². The van der Waals surface area contributed by atoms with Gasteiger partial charge in [0.15, 0.2) is 11.5 Å². The molecule has 0 unspecified atom stereocenters. The van der Waals surface area contributed by atoms with Crippen LogP contribution in [0, 0.1) is 0 Å². The number of ether oxygens (including phenoxy) is 3. The number of nitrogens with zero attached hydrogens (tertiary/aromatic N) is 3. The zero-order chi connectivity index (χ0) is 18.1. The van der Waals surface area contributed by atoms with E-state index in [0.29, 0.717) is 6.54 Å². The summed E-state index contributed by atoms with van der Waals surface area (Å²) >= 11 is 0. The van der Waals surface area contributed by atoms with Crippen molar-refractivity contribution in [1.82, 2.24) is 14.7 Å². The fraction of sp³-hybridized carbons (Fsp3) is 0.684. The lowest BCUT2D eigenvalue weighted by Crippen LogP contribution is -2.58. The largest absolute Gasteiger partial charge is 0.496 e. The Morgan fingerprint density at radius 3 is 2.54 bits per heavy atom. The highest BCUT2D eigenvalue weighted by atomic mass is 16.7. The minimum absolute atomic E-state index is 0.261. The third-order valence-corrected chi connectivity index (χ3v) is 5.81. The van der Waals surface area contributed by atoms with Crippen LogP contribution < -0.4 is 14.2 Å². The normalized spacial score (nSPS) is 27.7. The Kier molecular flexibility index (Phi) is 5.22. The van der Waals surface area contributed by atoms with Crippen molar-refractivity contribution in [2.75, 3.05) is 60.2 Å². The molecular weight excluding hydrogens is 334 g/mol. The number of methoxy groups -OCH3 is 1. The maximum absolute atomic E-state index is 10.7. The van der Waals surface area contributed by atoms with E-state index in [1.807, 2.05) is 12.1 Å². The van der Waals surface area contributed by atoms with E-state index in [9.17, 15) is 5.11 Å². The van der Waals surface area contributed by atoms with Crippen molar-refractivity contribution in [3.63, 3.8) is 0 Å². The maximum atomic E-state index is 10.7. The lowest BCUT2D eigenvalue weighted by molar-refractivity contribution is -0.0287. The van der Waals surface area contributed by atoms with Crippen molar-refractivity contribution < 1.29 is 19.3 Å². The van der Waals surface area contributed by atoms with Crippen LogP contribution in [0.5, 0.6) is 17.2 Å². The first-order valence-electron chi connectivity index (χ1n) is 9.43. The highest BCUT2D eigenvalue weighted by Gasteiger charge is 2.33. The Morgan fingerprint density at radius 1 is 1.12 bits per heavy atom. The Hall–Kier alpha value is -1.54. The second-order valence-electron chi connectivity index (χ2n) is 7.52. The summed E-state index contributed by atoms with van der Waals surface area (Å²) in [6.07, 6.45) is 0.685. The number of benzene rings is 1. The van der Waals surface area contributed by atoms with Crippen LogP contribution in [0.4, 0.5) is 0 Å². The number of hydrogen-bond donors (Lipinski definition) is 1. The standard InChI is InChI=1S/C19H29N3O4/c1-20-5-7-22(8-6-20)15-3-4-21(12-16(15)23)11-14-9-18-19(26-13-25-18)10-17(14)24-2/h9-10,15-16,23H,3-8,11-13H2,1-2H3/t15-,16-/m1/s1. The molecule has 26 heavy (non-hydrogen) atoms. The van der Waals surface area contributed by atoms with Crippen LogP contribution in [0.2, 0.25) is 0 Å². The molecule has 7 heteroatoms. The molecule has 0 radical (unpaired) electrons. The van der Waals surface area contributed by atoms with Crippen molar-refractivity contribution in [3.05, 3.63) is 17.7 Å². The van der Waals surface area contributed by atoms with Crippen molar-refractivity contribution in [1.29, 1.82) is 0 Å². The van der Waals surface area contributed by atoms with E-state index in [1.54, 1.807) is 7.11 Å². The Morgan fingerprint density at radius 2 is 1.85 bits per heavy atom. The summed E-state index contributed by atoms with van der Waals surface area (Å²) in [6, 6.07) is 4.17. The minimum Gasteiger partial charge on any atom is -0.496 e. The molecule has 1 aromatic carbocycles. The average molecular weight is 363 g/mol. The number of likely N-dealkylation sites (N-methyl/N-ethyl adjacent to an activating group) is 1. The quantitative estimate of drug-likeness (QED) is 0.841. The second-order valence-corrected chi connectivity index (χ2v) is 7.52. The van der Waals surface area contributed by atoms with E-state index in [-0.39, 0.29) is 18.9 Å². The van der Waals surface area contributed by atoms with Gasteiger partial charge in [0.25, 0.3) is 0 Å². The lowest BCUT2D eigenvalue weighted by Gasteiger charge is -2.44. The molecule has 0 aliphatic carbocycles. The molecule has 144 valence electrons. The van der Waals surface area contributed by atoms with Gasteiger partial charge < -0.3 is 24.2 Å². The molecule has 3 heterocycles. The first-order chi connectivity index (χ1) is 12.6. The average Bonchev–Trinajstić information content (AvgIpc) is 3.09. The molecule has 2 saturated heterocycles. The van der Waals surface area contributed by atoms with Gasteiger partial charge in [0.1, 0.15) is 5.75 Å². The predicted octanol–water partition coefficient (Wildman–Crippen LogP) is 0.607. The summed E-state index contributed by atoms with van der Waals surface area (Å²) in [4.78, 5) is 7.12. The molecule has 2 fully saturated rings. The number of piperazine rings is 1. The SMILES string of the molecule is COc1cc2c(cc1CN1CC[C@@H](N3CCN(C)CC3)[C@H](O)C1)OCO2. The van der Waals surface area contributed by atoms with Gasteiger partial charge in [0.2, 0.25) is 6.79 Å². The monoisotopic (exact) mass is 363 g/mol. The van der Waals surface area contributed by atoms with Gasteiger partial charge in [-0.1, -0.05) is 0 Å². The van der Waals surface area contributed by atoms with Crippen molar-refractivity contribution in [3.8, 4) is 17.2 Å². The van der Waals surface area contributed by atoms with Gasteiger partial charge in [-0.3, -0.25) is 9.80 Å². The van der Waals surface area contributed by atoms with Gasteiger partial charge in [-0.05, 0) is 19.5 Å². The third-order valence-electron chi connectivity index (χ3n) is 5.81.